The van der Waals surface area contributed by atoms with E-state index < -0.39 is 0 Å². The second-order valence-electron chi connectivity index (χ2n) is 3.77. The summed E-state index contributed by atoms with van der Waals surface area (Å²) in [4.78, 5) is 11.7. The third-order valence-electron chi connectivity index (χ3n) is 2.75. The first-order chi connectivity index (χ1) is 7.83. The number of rotatable bonds is 3. The molecule has 0 radical (unpaired) electrons. The highest BCUT2D eigenvalue weighted by molar-refractivity contribution is 5.77. The van der Waals surface area contributed by atoms with Gasteiger partial charge in [-0.1, -0.05) is 30.3 Å². The van der Waals surface area contributed by atoms with Gasteiger partial charge in [0.25, 0.3) is 0 Å². The van der Waals surface area contributed by atoms with Crippen LogP contribution in [0.15, 0.2) is 30.3 Å². The van der Waals surface area contributed by atoms with Crippen molar-refractivity contribution in [2.24, 2.45) is 0 Å². The standard InChI is InChI=1S/C12H16N2O2/c1-2-16-12(15)11-10(8-13-14-11)9-6-4-3-5-7-9/h3-7,10-11,13-14H,2,8H2,1H3. The van der Waals surface area contributed by atoms with Crippen molar-refractivity contribution in [3.05, 3.63) is 35.9 Å². The molecule has 2 rings (SSSR count). The molecule has 0 spiro atoms. The lowest BCUT2D eigenvalue weighted by atomic mass is 9.93. The van der Waals surface area contributed by atoms with Gasteiger partial charge >= 0.3 is 5.97 Å². The number of hydrazine groups is 1. The minimum atomic E-state index is -0.289. The van der Waals surface area contributed by atoms with Gasteiger partial charge in [0, 0.05) is 12.5 Å². The zero-order chi connectivity index (χ0) is 11.4. The SMILES string of the molecule is CCOC(=O)C1NNCC1c1ccccc1. The van der Waals surface area contributed by atoms with Crippen molar-refractivity contribution in [2.75, 3.05) is 13.2 Å². The van der Waals surface area contributed by atoms with Gasteiger partial charge in [0.15, 0.2) is 0 Å². The van der Waals surface area contributed by atoms with Gasteiger partial charge in [0.1, 0.15) is 6.04 Å². The lowest BCUT2D eigenvalue weighted by Crippen LogP contribution is -2.39. The fraction of sp³-hybridized carbons (Fsp3) is 0.417. The number of ether oxygens (including phenoxy) is 1. The number of benzene rings is 1. The van der Waals surface area contributed by atoms with Gasteiger partial charge in [-0.2, -0.15) is 0 Å². The molecule has 1 saturated heterocycles. The van der Waals surface area contributed by atoms with Gasteiger partial charge in [0.05, 0.1) is 6.61 Å². The highest BCUT2D eigenvalue weighted by Crippen LogP contribution is 2.22. The maximum Gasteiger partial charge on any atom is 0.325 e. The normalized spacial score (nSPS) is 24.3. The van der Waals surface area contributed by atoms with Crippen molar-refractivity contribution in [1.82, 2.24) is 10.9 Å². The molecule has 1 fully saturated rings. The molecule has 1 aromatic rings. The summed E-state index contributed by atoms with van der Waals surface area (Å²) < 4.78 is 5.04. The summed E-state index contributed by atoms with van der Waals surface area (Å²) >= 11 is 0. The van der Waals surface area contributed by atoms with Crippen LogP contribution in [0.4, 0.5) is 0 Å². The molecule has 2 N–H and O–H groups in total. The predicted molar refractivity (Wildman–Crippen MR) is 60.7 cm³/mol. The van der Waals surface area contributed by atoms with E-state index in [-0.39, 0.29) is 17.9 Å². The largest absolute Gasteiger partial charge is 0.465 e. The molecule has 0 amide bonds. The molecule has 2 unspecified atom stereocenters. The van der Waals surface area contributed by atoms with Crippen molar-refractivity contribution >= 4 is 5.97 Å². The second-order valence-corrected chi connectivity index (χ2v) is 3.77. The molecule has 0 aliphatic carbocycles. The monoisotopic (exact) mass is 220 g/mol. The van der Waals surface area contributed by atoms with Crippen LogP contribution < -0.4 is 10.9 Å². The first-order valence-corrected chi connectivity index (χ1v) is 5.53. The summed E-state index contributed by atoms with van der Waals surface area (Å²) in [5.74, 6) is -0.0541. The Morgan fingerprint density at radius 2 is 2.19 bits per heavy atom. The van der Waals surface area contributed by atoms with E-state index in [1.165, 1.54) is 0 Å². The van der Waals surface area contributed by atoms with E-state index in [1.54, 1.807) is 0 Å². The molecule has 1 aliphatic rings. The molecular weight excluding hydrogens is 204 g/mol. The van der Waals surface area contributed by atoms with Crippen LogP contribution >= 0.6 is 0 Å². The molecule has 0 aromatic heterocycles. The number of carbonyl (C=O) groups excluding carboxylic acids is 1. The van der Waals surface area contributed by atoms with Crippen molar-refractivity contribution in [3.63, 3.8) is 0 Å². The Kier molecular flexibility index (Phi) is 3.54. The van der Waals surface area contributed by atoms with Gasteiger partial charge < -0.3 is 4.74 Å². The lowest BCUT2D eigenvalue weighted by molar-refractivity contribution is -0.145. The summed E-state index contributed by atoms with van der Waals surface area (Å²) in [5, 5.41) is 0. The topological polar surface area (TPSA) is 50.4 Å². The van der Waals surface area contributed by atoms with E-state index in [0.29, 0.717) is 6.61 Å². The van der Waals surface area contributed by atoms with Gasteiger partial charge in [0.2, 0.25) is 0 Å². The first-order valence-electron chi connectivity index (χ1n) is 5.53. The van der Waals surface area contributed by atoms with Crippen molar-refractivity contribution in [1.29, 1.82) is 0 Å². The Morgan fingerprint density at radius 1 is 1.44 bits per heavy atom. The van der Waals surface area contributed by atoms with Gasteiger partial charge in [-0.05, 0) is 12.5 Å². The quantitative estimate of drug-likeness (QED) is 0.740. The maximum absolute atomic E-state index is 11.7. The fourth-order valence-corrected chi connectivity index (χ4v) is 1.96. The third kappa shape index (κ3) is 2.23. The Balaban J connectivity index is 2.12. The molecule has 4 heteroatoms. The Hall–Kier alpha value is -1.39. The van der Waals surface area contributed by atoms with E-state index in [9.17, 15) is 4.79 Å². The smallest absolute Gasteiger partial charge is 0.325 e. The van der Waals surface area contributed by atoms with Crippen LogP contribution in [0.2, 0.25) is 0 Å². The predicted octanol–water partition coefficient (Wildman–Crippen LogP) is 0.810. The summed E-state index contributed by atoms with van der Waals surface area (Å²) in [6.45, 7) is 2.98. The van der Waals surface area contributed by atoms with E-state index in [0.717, 1.165) is 12.1 Å². The molecule has 0 saturated carbocycles. The van der Waals surface area contributed by atoms with Crippen LogP contribution in [0, 0.1) is 0 Å². The van der Waals surface area contributed by atoms with Crippen LogP contribution in [0.5, 0.6) is 0 Å². The van der Waals surface area contributed by atoms with Crippen molar-refractivity contribution in [2.45, 2.75) is 18.9 Å². The molecule has 4 nitrogen and oxygen atoms in total. The van der Waals surface area contributed by atoms with Crippen molar-refractivity contribution in [3.8, 4) is 0 Å². The number of hydrogen-bond donors (Lipinski definition) is 2. The van der Waals surface area contributed by atoms with Crippen LogP contribution in [0.3, 0.4) is 0 Å². The van der Waals surface area contributed by atoms with Crippen LogP contribution in [0.1, 0.15) is 18.4 Å². The molecule has 1 heterocycles. The van der Waals surface area contributed by atoms with E-state index in [4.69, 9.17) is 4.74 Å². The van der Waals surface area contributed by atoms with Gasteiger partial charge in [-0.15, -0.1) is 0 Å². The second kappa shape index (κ2) is 5.09. The first kappa shape index (κ1) is 11.1. The maximum atomic E-state index is 11.7. The molecule has 1 aliphatic heterocycles. The average molecular weight is 220 g/mol. The summed E-state index contributed by atoms with van der Waals surface area (Å²) in [5.41, 5.74) is 7.13. The number of carbonyl (C=O) groups is 1. The Bertz CT molecular complexity index is 353. The molecule has 86 valence electrons. The van der Waals surface area contributed by atoms with Crippen LogP contribution in [-0.4, -0.2) is 25.2 Å². The summed E-state index contributed by atoms with van der Waals surface area (Å²) in [7, 11) is 0. The zero-order valence-corrected chi connectivity index (χ0v) is 9.27. The van der Waals surface area contributed by atoms with Crippen LogP contribution in [-0.2, 0) is 9.53 Å². The Morgan fingerprint density at radius 3 is 2.88 bits per heavy atom. The molecular formula is C12H16N2O2. The van der Waals surface area contributed by atoms with Gasteiger partial charge in [-0.3, -0.25) is 10.2 Å². The van der Waals surface area contributed by atoms with Crippen LogP contribution in [0.25, 0.3) is 0 Å². The number of hydrogen-bond acceptors (Lipinski definition) is 4. The Labute approximate surface area is 95.0 Å². The molecule has 16 heavy (non-hydrogen) atoms. The molecule has 2 atom stereocenters. The zero-order valence-electron chi connectivity index (χ0n) is 9.27. The fourth-order valence-electron chi connectivity index (χ4n) is 1.96. The highest BCUT2D eigenvalue weighted by atomic mass is 16.5. The lowest BCUT2D eigenvalue weighted by Gasteiger charge is -2.16. The third-order valence-corrected chi connectivity index (χ3v) is 2.75. The molecule has 1 aromatic carbocycles. The van der Waals surface area contributed by atoms with E-state index in [1.807, 2.05) is 37.3 Å². The minimum Gasteiger partial charge on any atom is -0.465 e. The summed E-state index contributed by atoms with van der Waals surface area (Å²) in [6.07, 6.45) is 0. The van der Waals surface area contributed by atoms with Crippen molar-refractivity contribution < 1.29 is 9.53 Å². The van der Waals surface area contributed by atoms with E-state index >= 15 is 0 Å². The number of esters is 1. The van der Waals surface area contributed by atoms with Gasteiger partial charge in [-0.25, -0.2) is 5.43 Å². The minimum absolute atomic E-state index is 0.139. The summed E-state index contributed by atoms with van der Waals surface area (Å²) in [6, 6.07) is 9.71. The van der Waals surface area contributed by atoms with E-state index in [2.05, 4.69) is 10.9 Å². The average Bonchev–Trinajstić information content (AvgIpc) is 2.79. The molecule has 0 bridgehead atoms. The number of nitrogens with one attached hydrogen (secondary N) is 2. The highest BCUT2D eigenvalue weighted by Gasteiger charge is 2.34.